The van der Waals surface area contributed by atoms with Crippen molar-refractivity contribution in [1.82, 2.24) is 20.0 Å². The minimum Gasteiger partial charge on any atom is -0.461 e. The number of fused-ring (bicyclic) bond motifs is 1. The minimum absolute atomic E-state index is 0.111. The fraction of sp³-hybridized carbons (Fsp3) is 0.421. The number of rotatable bonds is 5. The van der Waals surface area contributed by atoms with E-state index in [4.69, 9.17) is 4.74 Å². The second-order valence-corrected chi connectivity index (χ2v) is 6.15. The van der Waals surface area contributed by atoms with Crippen LogP contribution in [0.3, 0.4) is 0 Å². The van der Waals surface area contributed by atoms with Crippen molar-refractivity contribution < 1.29 is 14.3 Å². The van der Waals surface area contributed by atoms with Gasteiger partial charge in [0.1, 0.15) is 0 Å². The van der Waals surface area contributed by atoms with Gasteiger partial charge in [-0.1, -0.05) is 25.1 Å². The number of nitrogens with one attached hydrogen (secondary N) is 1. The van der Waals surface area contributed by atoms with Gasteiger partial charge in [0.2, 0.25) is 0 Å². The molecule has 7 heteroatoms. The zero-order valence-electron chi connectivity index (χ0n) is 15.2. The fourth-order valence-electron chi connectivity index (χ4n) is 3.08. The van der Waals surface area contributed by atoms with Crippen LogP contribution in [0.2, 0.25) is 0 Å². The van der Waals surface area contributed by atoms with E-state index in [0.717, 1.165) is 23.4 Å². The molecular formula is C19H24N4O3. The molecule has 1 N–H and O–H groups in total. The third-order valence-electron chi connectivity index (χ3n) is 4.34. The number of hydrogen-bond acceptors (Lipinski definition) is 4. The van der Waals surface area contributed by atoms with Gasteiger partial charge in [0.05, 0.1) is 24.5 Å². The van der Waals surface area contributed by atoms with E-state index in [1.54, 1.807) is 16.5 Å². The van der Waals surface area contributed by atoms with E-state index < -0.39 is 5.97 Å². The van der Waals surface area contributed by atoms with E-state index in [2.05, 4.69) is 10.4 Å². The molecule has 2 amide bonds. The molecule has 1 aliphatic rings. The number of para-hydroxylation sites is 1. The number of nitrogens with zero attached hydrogens (tertiary/aromatic N) is 3. The lowest BCUT2D eigenvalue weighted by Gasteiger charge is -2.28. The highest BCUT2D eigenvalue weighted by Crippen LogP contribution is 2.26. The van der Waals surface area contributed by atoms with Gasteiger partial charge in [-0.2, -0.15) is 5.10 Å². The monoisotopic (exact) mass is 356 g/mol. The predicted molar refractivity (Wildman–Crippen MR) is 97.3 cm³/mol. The summed E-state index contributed by atoms with van der Waals surface area (Å²) in [5.41, 5.74) is 2.91. The third kappa shape index (κ3) is 3.56. The first kappa shape index (κ1) is 18.0. The molecule has 3 rings (SSSR count). The lowest BCUT2D eigenvalue weighted by Crippen LogP contribution is -2.43. The SMILES string of the molecule is CCCNC(=O)N1CCc2c(c(C(=O)OCC)nn2-c2ccccc2)C1. The van der Waals surface area contributed by atoms with E-state index >= 15 is 0 Å². The molecule has 1 aliphatic heterocycles. The Labute approximate surface area is 152 Å². The molecule has 7 nitrogen and oxygen atoms in total. The highest BCUT2D eigenvalue weighted by molar-refractivity contribution is 5.89. The molecule has 0 saturated heterocycles. The van der Waals surface area contributed by atoms with Crippen LogP contribution in [-0.4, -0.2) is 46.4 Å². The highest BCUT2D eigenvalue weighted by atomic mass is 16.5. The summed E-state index contributed by atoms with van der Waals surface area (Å²) in [6, 6.07) is 9.58. The van der Waals surface area contributed by atoms with E-state index in [1.807, 2.05) is 37.3 Å². The van der Waals surface area contributed by atoms with Gasteiger partial charge < -0.3 is 15.0 Å². The molecule has 0 fully saturated rings. The van der Waals surface area contributed by atoms with Crippen molar-refractivity contribution in [3.05, 3.63) is 47.3 Å². The van der Waals surface area contributed by atoms with Crippen molar-refractivity contribution in [3.63, 3.8) is 0 Å². The van der Waals surface area contributed by atoms with Crippen molar-refractivity contribution in [3.8, 4) is 5.69 Å². The molecule has 0 atom stereocenters. The summed E-state index contributed by atoms with van der Waals surface area (Å²) >= 11 is 0. The minimum atomic E-state index is -0.450. The van der Waals surface area contributed by atoms with E-state index in [9.17, 15) is 9.59 Å². The Morgan fingerprint density at radius 2 is 2.00 bits per heavy atom. The van der Waals surface area contributed by atoms with Crippen LogP contribution in [0.15, 0.2) is 30.3 Å². The van der Waals surface area contributed by atoms with Crippen molar-refractivity contribution in [2.45, 2.75) is 33.2 Å². The number of carbonyl (C=O) groups is 2. The number of urea groups is 1. The lowest BCUT2D eigenvalue weighted by atomic mass is 10.1. The van der Waals surface area contributed by atoms with Crippen molar-refractivity contribution >= 4 is 12.0 Å². The molecular weight excluding hydrogens is 332 g/mol. The summed E-state index contributed by atoms with van der Waals surface area (Å²) in [5.74, 6) is -0.450. The summed E-state index contributed by atoms with van der Waals surface area (Å²) in [7, 11) is 0. The molecule has 0 bridgehead atoms. The van der Waals surface area contributed by atoms with Crippen LogP contribution in [0.4, 0.5) is 4.79 Å². The van der Waals surface area contributed by atoms with Gasteiger partial charge in [0.15, 0.2) is 5.69 Å². The Morgan fingerprint density at radius 3 is 2.69 bits per heavy atom. The second-order valence-electron chi connectivity index (χ2n) is 6.15. The van der Waals surface area contributed by atoms with Gasteiger partial charge in [-0.15, -0.1) is 0 Å². The summed E-state index contributed by atoms with van der Waals surface area (Å²) in [6.07, 6.45) is 1.51. The number of benzene rings is 1. The molecule has 0 radical (unpaired) electrons. The zero-order chi connectivity index (χ0) is 18.5. The number of ether oxygens (including phenoxy) is 1. The summed E-state index contributed by atoms with van der Waals surface area (Å²) < 4.78 is 6.96. The van der Waals surface area contributed by atoms with Crippen LogP contribution in [-0.2, 0) is 17.7 Å². The maximum absolute atomic E-state index is 12.4. The number of aromatic nitrogens is 2. The van der Waals surface area contributed by atoms with Crippen molar-refractivity contribution in [1.29, 1.82) is 0 Å². The fourth-order valence-corrected chi connectivity index (χ4v) is 3.08. The van der Waals surface area contributed by atoms with E-state index in [-0.39, 0.29) is 12.6 Å². The molecule has 2 aromatic rings. The highest BCUT2D eigenvalue weighted by Gasteiger charge is 2.31. The zero-order valence-corrected chi connectivity index (χ0v) is 15.2. The quantitative estimate of drug-likeness (QED) is 0.835. The molecule has 0 spiro atoms. The Morgan fingerprint density at radius 1 is 1.23 bits per heavy atom. The van der Waals surface area contributed by atoms with Crippen LogP contribution in [0.1, 0.15) is 42.0 Å². The van der Waals surface area contributed by atoms with Crippen LogP contribution in [0.25, 0.3) is 5.69 Å². The van der Waals surface area contributed by atoms with Gasteiger partial charge in [-0.25, -0.2) is 14.3 Å². The van der Waals surface area contributed by atoms with E-state index in [0.29, 0.717) is 31.7 Å². The first-order valence-corrected chi connectivity index (χ1v) is 9.01. The number of amides is 2. The molecule has 26 heavy (non-hydrogen) atoms. The molecule has 1 aromatic heterocycles. The number of carbonyl (C=O) groups excluding carboxylic acids is 2. The van der Waals surface area contributed by atoms with Gasteiger partial charge in [-0.3, -0.25) is 0 Å². The summed E-state index contributed by atoms with van der Waals surface area (Å²) in [6.45, 7) is 5.64. The lowest BCUT2D eigenvalue weighted by molar-refractivity contribution is 0.0516. The average molecular weight is 356 g/mol. The van der Waals surface area contributed by atoms with E-state index in [1.165, 1.54) is 0 Å². The maximum atomic E-state index is 12.4. The predicted octanol–water partition coefficient (Wildman–Crippen LogP) is 2.53. The topological polar surface area (TPSA) is 76.5 Å². The van der Waals surface area contributed by atoms with Crippen LogP contribution in [0, 0.1) is 0 Å². The van der Waals surface area contributed by atoms with Gasteiger partial charge >= 0.3 is 12.0 Å². The van der Waals surface area contributed by atoms with Crippen LogP contribution >= 0.6 is 0 Å². The summed E-state index contributed by atoms with van der Waals surface area (Å²) in [5, 5.41) is 7.41. The normalized spacial score (nSPS) is 13.2. The third-order valence-corrected chi connectivity index (χ3v) is 4.34. The Kier molecular flexibility index (Phi) is 5.55. The molecule has 138 valence electrons. The Bertz CT molecular complexity index is 786. The Balaban J connectivity index is 1.96. The average Bonchev–Trinajstić information content (AvgIpc) is 3.06. The van der Waals surface area contributed by atoms with Crippen molar-refractivity contribution in [2.24, 2.45) is 0 Å². The second kappa shape index (κ2) is 8.03. The van der Waals surface area contributed by atoms with Crippen LogP contribution in [0.5, 0.6) is 0 Å². The maximum Gasteiger partial charge on any atom is 0.359 e. The number of hydrogen-bond donors (Lipinski definition) is 1. The van der Waals surface area contributed by atoms with Gasteiger partial charge in [-0.05, 0) is 25.5 Å². The standard InChI is InChI=1S/C19H24N4O3/c1-3-11-20-19(25)22-12-10-16-15(13-22)17(18(24)26-4-2)21-23(16)14-8-6-5-7-9-14/h5-9H,3-4,10-13H2,1-2H3,(H,20,25). The molecule has 0 unspecified atom stereocenters. The first-order valence-electron chi connectivity index (χ1n) is 9.01. The molecule has 2 heterocycles. The Hall–Kier alpha value is -2.83. The number of esters is 1. The van der Waals surface area contributed by atoms with Crippen LogP contribution < -0.4 is 5.32 Å². The van der Waals surface area contributed by atoms with Gasteiger partial charge in [0.25, 0.3) is 0 Å². The molecule has 0 aliphatic carbocycles. The van der Waals surface area contributed by atoms with Gasteiger partial charge in [0, 0.05) is 25.1 Å². The van der Waals surface area contributed by atoms with Crippen molar-refractivity contribution in [2.75, 3.05) is 19.7 Å². The largest absolute Gasteiger partial charge is 0.461 e. The first-order chi connectivity index (χ1) is 12.7. The smallest absolute Gasteiger partial charge is 0.359 e. The summed E-state index contributed by atoms with van der Waals surface area (Å²) in [4.78, 5) is 26.4. The molecule has 0 saturated carbocycles. The molecule has 1 aromatic carbocycles.